The lowest BCUT2D eigenvalue weighted by Gasteiger charge is -2.25. The summed E-state index contributed by atoms with van der Waals surface area (Å²) in [5, 5.41) is 0. The zero-order valence-electron chi connectivity index (χ0n) is 18.0. The number of halogens is 1. The maximum atomic E-state index is 13.6. The molecule has 6 heteroatoms. The molecule has 0 fully saturated rings. The lowest BCUT2D eigenvalue weighted by Crippen LogP contribution is -2.31. The number of hydrogen-bond donors (Lipinski definition) is 0. The van der Waals surface area contributed by atoms with Crippen LogP contribution in [0.2, 0.25) is 0 Å². The molecule has 1 atom stereocenters. The first-order valence-corrected chi connectivity index (χ1v) is 11.5. The standard InChI is InChI=1S/C26H24FN3OS/c1-18(2)21-5-3-4-6-22(21)23-11-12-24(32-23)25-29-26(16-31-25,15-30-14-13-28-17-30)19-7-9-20(27)10-8-19/h3-14,17-18H,15-16H2,1-2H3. The van der Waals surface area contributed by atoms with Gasteiger partial charge in [0.25, 0.3) is 0 Å². The molecule has 162 valence electrons. The first-order chi connectivity index (χ1) is 15.5. The van der Waals surface area contributed by atoms with Crippen molar-refractivity contribution in [3.8, 4) is 10.4 Å². The molecule has 0 bridgehead atoms. The van der Waals surface area contributed by atoms with Crippen LogP contribution in [0.4, 0.5) is 4.39 Å². The van der Waals surface area contributed by atoms with Gasteiger partial charge >= 0.3 is 0 Å². The Hall–Kier alpha value is -3.25. The van der Waals surface area contributed by atoms with Gasteiger partial charge in [-0.05, 0) is 46.9 Å². The van der Waals surface area contributed by atoms with Crippen molar-refractivity contribution in [1.29, 1.82) is 0 Å². The van der Waals surface area contributed by atoms with Crippen molar-refractivity contribution in [3.05, 3.63) is 101 Å². The van der Waals surface area contributed by atoms with Crippen LogP contribution >= 0.6 is 11.3 Å². The summed E-state index contributed by atoms with van der Waals surface area (Å²) in [6.45, 7) is 5.38. The highest BCUT2D eigenvalue weighted by molar-refractivity contribution is 7.17. The van der Waals surface area contributed by atoms with Crippen molar-refractivity contribution in [2.24, 2.45) is 4.99 Å². The molecule has 0 saturated carbocycles. The van der Waals surface area contributed by atoms with Gasteiger partial charge in [-0.25, -0.2) is 14.4 Å². The van der Waals surface area contributed by atoms with Gasteiger partial charge in [0.05, 0.1) is 17.7 Å². The average molecular weight is 446 g/mol. The van der Waals surface area contributed by atoms with Gasteiger partial charge in [0.2, 0.25) is 5.90 Å². The van der Waals surface area contributed by atoms with Crippen LogP contribution in [0.15, 0.2) is 84.4 Å². The quantitative estimate of drug-likeness (QED) is 0.352. The van der Waals surface area contributed by atoms with E-state index in [-0.39, 0.29) is 5.82 Å². The maximum Gasteiger partial charge on any atom is 0.227 e. The topological polar surface area (TPSA) is 39.4 Å². The van der Waals surface area contributed by atoms with Crippen LogP contribution in [0.5, 0.6) is 0 Å². The van der Waals surface area contributed by atoms with Crippen molar-refractivity contribution in [1.82, 2.24) is 9.55 Å². The molecule has 1 aliphatic heterocycles. The molecule has 0 radical (unpaired) electrons. The van der Waals surface area contributed by atoms with Crippen LogP contribution in [0.1, 0.15) is 35.8 Å². The summed E-state index contributed by atoms with van der Waals surface area (Å²) in [5.74, 6) is 0.812. The minimum atomic E-state index is -0.635. The molecule has 0 amide bonds. The van der Waals surface area contributed by atoms with Gasteiger partial charge in [-0.1, -0.05) is 50.2 Å². The fraction of sp³-hybridized carbons (Fsp3) is 0.231. The second-order valence-corrected chi connectivity index (χ2v) is 9.47. The molecule has 2 aromatic carbocycles. The Labute approximate surface area is 191 Å². The third-order valence-corrected chi connectivity index (χ3v) is 6.92. The predicted octanol–water partition coefficient (Wildman–Crippen LogP) is 6.25. The second-order valence-electron chi connectivity index (χ2n) is 8.38. The van der Waals surface area contributed by atoms with E-state index in [1.54, 1.807) is 36.0 Å². The zero-order chi connectivity index (χ0) is 22.1. The van der Waals surface area contributed by atoms with Gasteiger partial charge in [-0.3, -0.25) is 0 Å². The minimum Gasteiger partial charge on any atom is -0.474 e. The summed E-state index contributed by atoms with van der Waals surface area (Å²) in [4.78, 5) is 11.4. The monoisotopic (exact) mass is 445 g/mol. The molecular formula is C26H24FN3OS. The van der Waals surface area contributed by atoms with Crippen LogP contribution in [-0.2, 0) is 16.8 Å². The van der Waals surface area contributed by atoms with E-state index in [0.29, 0.717) is 25.0 Å². The van der Waals surface area contributed by atoms with Crippen molar-refractivity contribution < 1.29 is 9.13 Å². The molecule has 0 saturated heterocycles. The maximum absolute atomic E-state index is 13.6. The molecule has 5 rings (SSSR count). The Morgan fingerprint density at radius 2 is 1.84 bits per heavy atom. The van der Waals surface area contributed by atoms with Crippen LogP contribution in [0.3, 0.4) is 0 Å². The van der Waals surface area contributed by atoms with E-state index in [4.69, 9.17) is 9.73 Å². The Kier molecular flexibility index (Phi) is 5.39. The molecule has 3 heterocycles. The molecule has 32 heavy (non-hydrogen) atoms. The fourth-order valence-electron chi connectivity index (χ4n) is 4.16. The molecule has 4 aromatic rings. The first kappa shape index (κ1) is 20.6. The van der Waals surface area contributed by atoms with Gasteiger partial charge in [0.15, 0.2) is 0 Å². The van der Waals surface area contributed by atoms with E-state index in [1.165, 1.54) is 28.1 Å². The Balaban J connectivity index is 1.52. The van der Waals surface area contributed by atoms with E-state index < -0.39 is 5.54 Å². The second kappa shape index (κ2) is 8.36. The summed E-state index contributed by atoms with van der Waals surface area (Å²) in [6.07, 6.45) is 5.42. The molecule has 0 aliphatic carbocycles. The van der Waals surface area contributed by atoms with E-state index >= 15 is 0 Å². The van der Waals surface area contributed by atoms with Gasteiger partial charge in [0.1, 0.15) is 18.0 Å². The van der Waals surface area contributed by atoms with Crippen LogP contribution in [0, 0.1) is 5.82 Å². The minimum absolute atomic E-state index is 0.263. The number of ether oxygens (including phenoxy) is 1. The highest BCUT2D eigenvalue weighted by Crippen LogP contribution is 2.38. The lowest BCUT2D eigenvalue weighted by atomic mass is 9.91. The molecule has 0 spiro atoms. The Morgan fingerprint density at radius 1 is 1.06 bits per heavy atom. The first-order valence-electron chi connectivity index (χ1n) is 10.7. The number of benzene rings is 2. The summed E-state index contributed by atoms with van der Waals surface area (Å²) in [5.41, 5.74) is 2.87. The number of aromatic nitrogens is 2. The van der Waals surface area contributed by atoms with E-state index in [9.17, 15) is 4.39 Å². The van der Waals surface area contributed by atoms with Gasteiger partial charge in [-0.2, -0.15) is 0 Å². The summed E-state index contributed by atoms with van der Waals surface area (Å²) in [7, 11) is 0. The van der Waals surface area contributed by atoms with Gasteiger partial charge in [0, 0.05) is 17.3 Å². The molecule has 1 unspecified atom stereocenters. The van der Waals surface area contributed by atoms with Crippen LogP contribution in [0.25, 0.3) is 10.4 Å². The third-order valence-electron chi connectivity index (χ3n) is 5.81. The Morgan fingerprint density at radius 3 is 2.59 bits per heavy atom. The number of nitrogens with zero attached hydrogens (tertiary/aromatic N) is 3. The molecule has 0 N–H and O–H groups in total. The smallest absolute Gasteiger partial charge is 0.227 e. The number of thiophene rings is 1. The lowest BCUT2D eigenvalue weighted by molar-refractivity contribution is 0.236. The van der Waals surface area contributed by atoms with Gasteiger partial charge < -0.3 is 9.30 Å². The van der Waals surface area contributed by atoms with Crippen LogP contribution < -0.4 is 0 Å². The summed E-state index contributed by atoms with van der Waals surface area (Å²) >= 11 is 1.69. The zero-order valence-corrected chi connectivity index (χ0v) is 18.8. The average Bonchev–Trinajstić information content (AvgIpc) is 3.56. The third kappa shape index (κ3) is 3.86. The van der Waals surface area contributed by atoms with Gasteiger partial charge in [-0.15, -0.1) is 11.3 Å². The van der Waals surface area contributed by atoms with Crippen molar-refractivity contribution >= 4 is 17.2 Å². The normalized spacial score (nSPS) is 18.1. The number of imidazole rings is 1. The van der Waals surface area contributed by atoms with E-state index in [1.807, 2.05) is 10.8 Å². The van der Waals surface area contributed by atoms with Crippen LogP contribution in [-0.4, -0.2) is 22.1 Å². The fourth-order valence-corrected chi connectivity index (χ4v) is 5.15. The SMILES string of the molecule is CC(C)c1ccccc1-c1ccc(C2=NC(Cn3ccnc3)(c3ccc(F)cc3)CO2)s1. The molecule has 1 aliphatic rings. The van der Waals surface area contributed by atoms with E-state index in [2.05, 4.69) is 55.2 Å². The summed E-state index contributed by atoms with van der Waals surface area (Å²) in [6, 6.07) is 19.3. The number of aliphatic imine (C=N–C) groups is 1. The summed E-state index contributed by atoms with van der Waals surface area (Å²) < 4.78 is 21.7. The van der Waals surface area contributed by atoms with Crippen molar-refractivity contribution in [3.63, 3.8) is 0 Å². The number of rotatable bonds is 6. The molecular weight excluding hydrogens is 421 g/mol. The molecule has 2 aromatic heterocycles. The molecule has 4 nitrogen and oxygen atoms in total. The van der Waals surface area contributed by atoms with Crippen molar-refractivity contribution in [2.45, 2.75) is 31.8 Å². The number of hydrogen-bond acceptors (Lipinski definition) is 4. The van der Waals surface area contributed by atoms with E-state index in [0.717, 1.165) is 10.4 Å². The largest absolute Gasteiger partial charge is 0.474 e. The Bertz CT molecular complexity index is 1240. The highest BCUT2D eigenvalue weighted by Gasteiger charge is 2.40. The highest BCUT2D eigenvalue weighted by atomic mass is 32.1. The van der Waals surface area contributed by atoms with Crippen molar-refractivity contribution in [2.75, 3.05) is 6.61 Å². The predicted molar refractivity (Wildman–Crippen MR) is 127 cm³/mol.